The molecule has 0 spiro atoms. The Morgan fingerprint density at radius 3 is 3.19 bits per heavy atom. The molecule has 86 valence electrons. The van der Waals surface area contributed by atoms with Crippen LogP contribution in [0.1, 0.15) is 11.3 Å². The minimum Gasteiger partial charge on any atom is -0.352 e. The van der Waals surface area contributed by atoms with Crippen molar-refractivity contribution in [1.82, 2.24) is 10.6 Å². The number of hydrogen-bond donors (Lipinski definition) is 2. The van der Waals surface area contributed by atoms with Gasteiger partial charge in [-0.05, 0) is 24.4 Å². The molecule has 16 heavy (non-hydrogen) atoms. The molecular formula is C12H16N2OS. The van der Waals surface area contributed by atoms with Gasteiger partial charge in [0.05, 0.1) is 6.42 Å². The van der Waals surface area contributed by atoms with Gasteiger partial charge in [0.2, 0.25) is 5.91 Å². The minimum atomic E-state index is 0.113. The Labute approximate surface area is 99.6 Å². The highest BCUT2D eigenvalue weighted by molar-refractivity contribution is 7.10. The van der Waals surface area contributed by atoms with E-state index in [1.165, 1.54) is 5.57 Å². The Hall–Kier alpha value is -1.13. The van der Waals surface area contributed by atoms with Gasteiger partial charge >= 0.3 is 0 Å². The number of carbonyl (C=O) groups is 1. The summed E-state index contributed by atoms with van der Waals surface area (Å²) < 4.78 is 0. The summed E-state index contributed by atoms with van der Waals surface area (Å²) in [6.45, 7) is 2.65. The van der Waals surface area contributed by atoms with Gasteiger partial charge < -0.3 is 10.6 Å². The summed E-state index contributed by atoms with van der Waals surface area (Å²) in [4.78, 5) is 12.7. The van der Waals surface area contributed by atoms with Gasteiger partial charge in [-0.1, -0.05) is 17.7 Å². The normalized spacial score (nSPS) is 15.6. The molecule has 0 saturated carbocycles. The predicted molar refractivity (Wildman–Crippen MR) is 66.6 cm³/mol. The molecule has 1 aliphatic rings. The van der Waals surface area contributed by atoms with Gasteiger partial charge in [0.25, 0.3) is 0 Å². The van der Waals surface area contributed by atoms with Crippen LogP contribution in [0.2, 0.25) is 0 Å². The van der Waals surface area contributed by atoms with Crippen molar-refractivity contribution in [2.24, 2.45) is 0 Å². The van der Waals surface area contributed by atoms with Crippen molar-refractivity contribution >= 4 is 17.2 Å². The van der Waals surface area contributed by atoms with E-state index in [1.807, 2.05) is 17.5 Å². The summed E-state index contributed by atoms with van der Waals surface area (Å²) in [5.74, 6) is 0.113. The fraction of sp³-hybridized carbons (Fsp3) is 0.417. The van der Waals surface area contributed by atoms with E-state index in [-0.39, 0.29) is 5.91 Å². The first-order chi connectivity index (χ1) is 7.84. The van der Waals surface area contributed by atoms with Gasteiger partial charge in [-0.2, -0.15) is 0 Å². The largest absolute Gasteiger partial charge is 0.352 e. The number of thiophene rings is 1. The van der Waals surface area contributed by atoms with E-state index in [4.69, 9.17) is 0 Å². The van der Waals surface area contributed by atoms with Crippen LogP contribution in [0.3, 0.4) is 0 Å². The van der Waals surface area contributed by atoms with Crippen LogP contribution in [0.5, 0.6) is 0 Å². The first-order valence-corrected chi connectivity index (χ1v) is 6.40. The topological polar surface area (TPSA) is 41.1 Å². The molecule has 3 nitrogen and oxygen atoms in total. The number of rotatable bonds is 4. The van der Waals surface area contributed by atoms with Crippen LogP contribution in [0, 0.1) is 0 Å². The van der Waals surface area contributed by atoms with Crippen molar-refractivity contribution in [3.05, 3.63) is 34.0 Å². The molecule has 0 fully saturated rings. The van der Waals surface area contributed by atoms with E-state index in [0.717, 1.165) is 24.4 Å². The highest BCUT2D eigenvalue weighted by Crippen LogP contribution is 2.09. The highest BCUT2D eigenvalue weighted by atomic mass is 32.1. The van der Waals surface area contributed by atoms with Crippen molar-refractivity contribution < 1.29 is 4.79 Å². The fourth-order valence-corrected chi connectivity index (χ4v) is 2.38. The summed E-state index contributed by atoms with van der Waals surface area (Å²) in [5.41, 5.74) is 1.33. The number of hydrogen-bond acceptors (Lipinski definition) is 3. The molecule has 1 amide bonds. The zero-order valence-corrected chi connectivity index (χ0v) is 9.98. The quantitative estimate of drug-likeness (QED) is 0.774. The van der Waals surface area contributed by atoms with Crippen LogP contribution in [0.4, 0.5) is 0 Å². The molecule has 1 aliphatic heterocycles. The maximum Gasteiger partial charge on any atom is 0.225 e. The Balaban J connectivity index is 1.73. The summed E-state index contributed by atoms with van der Waals surface area (Å²) in [6, 6.07) is 3.97. The van der Waals surface area contributed by atoms with Crippen LogP contribution >= 0.6 is 11.3 Å². The van der Waals surface area contributed by atoms with Crippen molar-refractivity contribution in [2.45, 2.75) is 12.8 Å². The van der Waals surface area contributed by atoms with Crippen molar-refractivity contribution in [3.8, 4) is 0 Å². The van der Waals surface area contributed by atoms with Gasteiger partial charge in [0.1, 0.15) is 0 Å². The lowest BCUT2D eigenvalue weighted by Gasteiger charge is -2.14. The molecule has 2 N–H and O–H groups in total. The summed E-state index contributed by atoms with van der Waals surface area (Å²) in [5, 5.41) is 8.21. The third kappa shape index (κ3) is 3.47. The fourth-order valence-electron chi connectivity index (χ4n) is 1.68. The van der Waals surface area contributed by atoms with Gasteiger partial charge in [-0.15, -0.1) is 11.3 Å². The molecule has 0 unspecified atom stereocenters. The van der Waals surface area contributed by atoms with Crippen molar-refractivity contribution in [3.63, 3.8) is 0 Å². The number of amides is 1. The lowest BCUT2D eigenvalue weighted by Crippen LogP contribution is -2.30. The molecule has 0 atom stereocenters. The zero-order chi connectivity index (χ0) is 11.2. The SMILES string of the molecule is O=C(Cc1cccs1)NCC1=CCNCC1. The standard InChI is InChI=1S/C12H16N2OS/c15-12(8-11-2-1-7-16-11)14-9-10-3-5-13-6-4-10/h1-3,7,13H,4-6,8-9H2,(H,14,15). The third-order valence-corrected chi connectivity index (χ3v) is 3.46. The smallest absolute Gasteiger partial charge is 0.225 e. The van der Waals surface area contributed by atoms with Gasteiger partial charge in [0.15, 0.2) is 0 Å². The van der Waals surface area contributed by atoms with Crippen LogP contribution in [0.15, 0.2) is 29.2 Å². The Bertz CT molecular complexity index is 370. The second-order valence-electron chi connectivity index (χ2n) is 3.85. The average molecular weight is 236 g/mol. The van der Waals surface area contributed by atoms with Gasteiger partial charge in [0, 0.05) is 18.0 Å². The van der Waals surface area contributed by atoms with Crippen molar-refractivity contribution in [2.75, 3.05) is 19.6 Å². The van der Waals surface area contributed by atoms with Crippen LogP contribution < -0.4 is 10.6 Å². The Morgan fingerprint density at radius 2 is 2.50 bits per heavy atom. The second-order valence-corrected chi connectivity index (χ2v) is 4.88. The minimum absolute atomic E-state index is 0.113. The maximum atomic E-state index is 11.6. The van der Waals surface area contributed by atoms with E-state index in [9.17, 15) is 4.79 Å². The number of carbonyl (C=O) groups excluding carboxylic acids is 1. The summed E-state index contributed by atoms with van der Waals surface area (Å²) in [7, 11) is 0. The highest BCUT2D eigenvalue weighted by Gasteiger charge is 2.06. The molecule has 0 saturated heterocycles. The van der Waals surface area contributed by atoms with Crippen LogP contribution in [-0.2, 0) is 11.2 Å². The van der Waals surface area contributed by atoms with E-state index in [2.05, 4.69) is 16.7 Å². The molecule has 0 radical (unpaired) electrons. The second kappa shape index (κ2) is 5.82. The molecule has 0 aromatic carbocycles. The van der Waals surface area contributed by atoms with E-state index >= 15 is 0 Å². The lowest BCUT2D eigenvalue weighted by atomic mass is 10.1. The van der Waals surface area contributed by atoms with E-state index in [1.54, 1.807) is 11.3 Å². The first kappa shape index (κ1) is 11.4. The Morgan fingerprint density at radius 1 is 1.56 bits per heavy atom. The molecule has 1 aromatic heterocycles. The molecular weight excluding hydrogens is 220 g/mol. The molecule has 2 heterocycles. The van der Waals surface area contributed by atoms with E-state index in [0.29, 0.717) is 13.0 Å². The predicted octanol–water partition coefficient (Wildman–Crippen LogP) is 1.33. The van der Waals surface area contributed by atoms with Crippen LogP contribution in [0.25, 0.3) is 0 Å². The molecule has 1 aromatic rings. The molecule has 0 aliphatic carbocycles. The van der Waals surface area contributed by atoms with E-state index < -0.39 is 0 Å². The lowest BCUT2D eigenvalue weighted by molar-refractivity contribution is -0.120. The molecule has 0 bridgehead atoms. The average Bonchev–Trinajstić information content (AvgIpc) is 2.81. The Kier molecular flexibility index (Phi) is 4.13. The van der Waals surface area contributed by atoms with Gasteiger partial charge in [-0.25, -0.2) is 0 Å². The first-order valence-electron chi connectivity index (χ1n) is 5.52. The summed E-state index contributed by atoms with van der Waals surface area (Å²) in [6.07, 6.45) is 3.71. The van der Waals surface area contributed by atoms with Gasteiger partial charge in [-0.3, -0.25) is 4.79 Å². The number of nitrogens with one attached hydrogen (secondary N) is 2. The maximum absolute atomic E-state index is 11.6. The zero-order valence-electron chi connectivity index (χ0n) is 9.16. The molecule has 4 heteroatoms. The van der Waals surface area contributed by atoms with Crippen molar-refractivity contribution in [1.29, 1.82) is 0 Å². The summed E-state index contributed by atoms with van der Waals surface area (Å²) >= 11 is 1.63. The van der Waals surface area contributed by atoms with Crippen LogP contribution in [-0.4, -0.2) is 25.5 Å². The molecule has 2 rings (SSSR count). The monoisotopic (exact) mass is 236 g/mol. The third-order valence-electron chi connectivity index (χ3n) is 2.59.